The summed E-state index contributed by atoms with van der Waals surface area (Å²) in [4.78, 5) is 11.9. The van der Waals surface area contributed by atoms with E-state index in [0.29, 0.717) is 22.2 Å². The van der Waals surface area contributed by atoms with E-state index in [0.717, 1.165) is 0 Å². The minimum Gasteiger partial charge on any atom is -0.399 e. The maximum Gasteiger partial charge on any atom is 0.253 e. The summed E-state index contributed by atoms with van der Waals surface area (Å²) in [5.41, 5.74) is 6.63. The molecule has 1 aromatic rings. The van der Waals surface area contributed by atoms with Crippen molar-refractivity contribution in [2.45, 2.75) is 25.8 Å². The zero-order valence-corrected chi connectivity index (χ0v) is 11.1. The minimum absolute atomic E-state index is 0. The van der Waals surface area contributed by atoms with Crippen molar-refractivity contribution in [3.05, 3.63) is 28.8 Å². The number of amides is 1. The van der Waals surface area contributed by atoms with Crippen LogP contribution in [0.5, 0.6) is 0 Å². The summed E-state index contributed by atoms with van der Waals surface area (Å²) in [6, 6.07) is 5.16. The van der Waals surface area contributed by atoms with Crippen molar-refractivity contribution in [2.75, 3.05) is 5.73 Å². The molecular formula is C12H16Cl2N2O. The molecule has 0 aliphatic heterocycles. The van der Waals surface area contributed by atoms with Crippen LogP contribution in [0.4, 0.5) is 5.69 Å². The monoisotopic (exact) mass is 274 g/mol. The second-order valence-corrected chi connectivity index (χ2v) is 4.75. The van der Waals surface area contributed by atoms with Gasteiger partial charge in [-0.25, -0.2) is 0 Å². The number of halogens is 2. The van der Waals surface area contributed by atoms with Crippen molar-refractivity contribution < 1.29 is 4.79 Å². The number of nitrogens with one attached hydrogen (secondary N) is 1. The third kappa shape index (κ3) is 3.51. The van der Waals surface area contributed by atoms with E-state index < -0.39 is 0 Å². The lowest BCUT2D eigenvalue weighted by Gasteiger charge is -2.13. The van der Waals surface area contributed by atoms with Crippen LogP contribution in [0.15, 0.2) is 18.2 Å². The van der Waals surface area contributed by atoms with Crippen molar-refractivity contribution in [1.82, 2.24) is 5.32 Å². The molecule has 1 amide bonds. The molecule has 17 heavy (non-hydrogen) atoms. The first-order valence-electron chi connectivity index (χ1n) is 5.44. The number of nitrogen functional groups attached to an aromatic ring is 1. The first-order valence-corrected chi connectivity index (χ1v) is 5.81. The van der Waals surface area contributed by atoms with Crippen LogP contribution < -0.4 is 11.1 Å². The average molecular weight is 275 g/mol. The van der Waals surface area contributed by atoms with Gasteiger partial charge < -0.3 is 11.1 Å². The molecule has 1 aliphatic rings. The molecule has 94 valence electrons. The van der Waals surface area contributed by atoms with Gasteiger partial charge in [0, 0.05) is 11.7 Å². The lowest BCUT2D eigenvalue weighted by atomic mass is 10.1. The fourth-order valence-corrected chi connectivity index (χ4v) is 1.99. The van der Waals surface area contributed by atoms with E-state index in [1.807, 2.05) is 6.92 Å². The number of hydrogen-bond donors (Lipinski definition) is 2. The molecule has 0 saturated heterocycles. The van der Waals surface area contributed by atoms with Gasteiger partial charge in [0.1, 0.15) is 0 Å². The third-order valence-corrected chi connectivity index (χ3v) is 3.24. The first-order chi connectivity index (χ1) is 7.58. The number of anilines is 1. The molecule has 0 radical (unpaired) electrons. The van der Waals surface area contributed by atoms with Gasteiger partial charge in [0.05, 0.1) is 10.6 Å². The number of benzene rings is 1. The number of carbonyl (C=O) groups is 1. The Morgan fingerprint density at radius 2 is 2.18 bits per heavy atom. The van der Waals surface area contributed by atoms with Crippen LogP contribution in [0.25, 0.3) is 0 Å². The largest absolute Gasteiger partial charge is 0.399 e. The van der Waals surface area contributed by atoms with E-state index in [1.54, 1.807) is 18.2 Å². The van der Waals surface area contributed by atoms with Gasteiger partial charge in [-0.2, -0.15) is 0 Å². The Morgan fingerprint density at radius 3 is 2.71 bits per heavy atom. The Morgan fingerprint density at radius 1 is 1.53 bits per heavy atom. The maximum atomic E-state index is 11.9. The molecule has 2 rings (SSSR count). The highest BCUT2D eigenvalue weighted by Gasteiger charge is 2.29. The Labute approximate surface area is 112 Å². The van der Waals surface area contributed by atoms with Gasteiger partial charge in [-0.15, -0.1) is 12.4 Å². The van der Waals surface area contributed by atoms with Crippen molar-refractivity contribution >= 4 is 35.6 Å². The van der Waals surface area contributed by atoms with Gasteiger partial charge in [-0.3, -0.25) is 4.79 Å². The Kier molecular flexibility index (Phi) is 4.66. The molecule has 5 heteroatoms. The van der Waals surface area contributed by atoms with Crippen LogP contribution in [0.2, 0.25) is 5.02 Å². The second kappa shape index (κ2) is 5.61. The molecule has 1 fully saturated rings. The van der Waals surface area contributed by atoms with Crippen LogP contribution in [-0.2, 0) is 0 Å². The molecule has 3 N–H and O–H groups in total. The topological polar surface area (TPSA) is 55.1 Å². The van der Waals surface area contributed by atoms with Gasteiger partial charge in [-0.05, 0) is 43.9 Å². The van der Waals surface area contributed by atoms with Crippen LogP contribution in [-0.4, -0.2) is 11.9 Å². The van der Waals surface area contributed by atoms with Crippen LogP contribution >= 0.6 is 24.0 Å². The first kappa shape index (κ1) is 14.1. The predicted octanol–water partition coefficient (Wildman–Crippen LogP) is 2.87. The van der Waals surface area contributed by atoms with Crippen molar-refractivity contribution in [1.29, 1.82) is 0 Å². The lowest BCUT2D eigenvalue weighted by molar-refractivity contribution is 0.0936. The van der Waals surface area contributed by atoms with Gasteiger partial charge in [0.2, 0.25) is 0 Å². The van der Waals surface area contributed by atoms with Crippen LogP contribution in [0.3, 0.4) is 0 Å². The van der Waals surface area contributed by atoms with Crippen LogP contribution in [0.1, 0.15) is 30.1 Å². The Balaban J connectivity index is 0.00000144. The number of rotatable bonds is 3. The highest BCUT2D eigenvalue weighted by atomic mass is 35.5. The van der Waals surface area contributed by atoms with Gasteiger partial charge in [-0.1, -0.05) is 11.6 Å². The Hall–Kier alpha value is -0.930. The number of hydrogen-bond acceptors (Lipinski definition) is 2. The lowest BCUT2D eigenvalue weighted by Crippen LogP contribution is -2.34. The summed E-state index contributed by atoms with van der Waals surface area (Å²) in [5.74, 6) is 0.515. The minimum atomic E-state index is -0.121. The highest BCUT2D eigenvalue weighted by molar-refractivity contribution is 6.34. The summed E-state index contributed by atoms with van der Waals surface area (Å²) in [6.45, 7) is 2.03. The third-order valence-electron chi connectivity index (χ3n) is 2.93. The highest BCUT2D eigenvalue weighted by Crippen LogP contribution is 2.32. The summed E-state index contributed by atoms with van der Waals surface area (Å²) in [5, 5.41) is 3.36. The quantitative estimate of drug-likeness (QED) is 0.833. The van der Waals surface area contributed by atoms with Crippen molar-refractivity contribution in [3.63, 3.8) is 0 Å². The SMILES string of the molecule is CC(NC(=O)c1ccc(N)cc1Cl)C1CC1.Cl. The normalized spacial score (nSPS) is 15.9. The zero-order valence-electron chi connectivity index (χ0n) is 9.57. The molecule has 1 atom stereocenters. The van der Waals surface area contributed by atoms with E-state index in [9.17, 15) is 4.79 Å². The fraction of sp³-hybridized carbons (Fsp3) is 0.417. The van der Waals surface area contributed by atoms with E-state index in [2.05, 4.69) is 5.32 Å². The molecule has 3 nitrogen and oxygen atoms in total. The molecule has 1 unspecified atom stereocenters. The van der Waals surface area contributed by atoms with E-state index >= 15 is 0 Å². The standard InChI is InChI=1S/C12H15ClN2O.ClH/c1-7(8-2-3-8)15-12(16)10-5-4-9(14)6-11(10)13;/h4-8H,2-3,14H2,1H3,(H,15,16);1H. The molecule has 1 aliphatic carbocycles. The summed E-state index contributed by atoms with van der Waals surface area (Å²) < 4.78 is 0. The van der Waals surface area contributed by atoms with Gasteiger partial charge in [0.25, 0.3) is 5.91 Å². The van der Waals surface area contributed by atoms with E-state index in [-0.39, 0.29) is 24.4 Å². The smallest absolute Gasteiger partial charge is 0.253 e. The molecule has 0 bridgehead atoms. The maximum absolute atomic E-state index is 11.9. The van der Waals surface area contributed by atoms with E-state index in [4.69, 9.17) is 17.3 Å². The van der Waals surface area contributed by atoms with Gasteiger partial charge >= 0.3 is 0 Å². The molecule has 0 spiro atoms. The second-order valence-electron chi connectivity index (χ2n) is 4.34. The molecule has 1 aromatic carbocycles. The Bertz CT molecular complexity index is 419. The van der Waals surface area contributed by atoms with Gasteiger partial charge in [0.15, 0.2) is 0 Å². The number of carbonyl (C=O) groups excluding carboxylic acids is 1. The number of nitrogens with two attached hydrogens (primary N) is 1. The summed E-state index contributed by atoms with van der Waals surface area (Å²) in [6.07, 6.45) is 2.41. The average Bonchev–Trinajstić information content (AvgIpc) is 2.99. The summed E-state index contributed by atoms with van der Waals surface area (Å²) in [7, 11) is 0. The molecule has 0 aromatic heterocycles. The van der Waals surface area contributed by atoms with Crippen LogP contribution in [0, 0.1) is 5.92 Å². The predicted molar refractivity (Wildman–Crippen MR) is 72.8 cm³/mol. The van der Waals surface area contributed by atoms with Crippen molar-refractivity contribution in [3.8, 4) is 0 Å². The summed E-state index contributed by atoms with van der Waals surface area (Å²) >= 11 is 5.96. The molecule has 0 heterocycles. The molecular weight excluding hydrogens is 259 g/mol. The van der Waals surface area contributed by atoms with E-state index in [1.165, 1.54) is 12.8 Å². The fourth-order valence-electron chi connectivity index (χ4n) is 1.71. The zero-order chi connectivity index (χ0) is 11.7. The molecule has 1 saturated carbocycles. The van der Waals surface area contributed by atoms with Crippen molar-refractivity contribution in [2.24, 2.45) is 5.92 Å².